The van der Waals surface area contributed by atoms with E-state index < -0.39 is 20.9 Å². The number of nitro groups is 1. The molecule has 0 aliphatic carbocycles. The van der Waals surface area contributed by atoms with Gasteiger partial charge in [-0.15, -0.1) is 0 Å². The van der Waals surface area contributed by atoms with Gasteiger partial charge in [-0.1, -0.05) is 6.92 Å². The lowest BCUT2D eigenvalue weighted by Gasteiger charge is -2.30. The van der Waals surface area contributed by atoms with Crippen molar-refractivity contribution >= 4 is 27.3 Å². The van der Waals surface area contributed by atoms with E-state index in [4.69, 9.17) is 4.74 Å². The van der Waals surface area contributed by atoms with Crippen molar-refractivity contribution in [3.8, 4) is 5.75 Å². The van der Waals surface area contributed by atoms with E-state index in [-0.39, 0.29) is 27.6 Å². The van der Waals surface area contributed by atoms with Crippen molar-refractivity contribution in [1.29, 1.82) is 0 Å². The Labute approximate surface area is 174 Å². The second kappa shape index (κ2) is 8.80. The predicted molar refractivity (Wildman–Crippen MR) is 111 cm³/mol. The molecule has 1 fully saturated rings. The van der Waals surface area contributed by atoms with Gasteiger partial charge in [-0.2, -0.15) is 4.31 Å². The summed E-state index contributed by atoms with van der Waals surface area (Å²) in [5.41, 5.74) is 0.361. The van der Waals surface area contributed by atoms with Crippen LogP contribution in [0.2, 0.25) is 0 Å². The van der Waals surface area contributed by atoms with Gasteiger partial charge >= 0.3 is 0 Å². The minimum Gasteiger partial charge on any atom is -0.494 e. The van der Waals surface area contributed by atoms with Crippen molar-refractivity contribution in [2.24, 2.45) is 5.92 Å². The van der Waals surface area contributed by atoms with Gasteiger partial charge < -0.3 is 10.1 Å². The standard InChI is InChI=1S/C20H23N3O6S/c1-14-4-3-11-22(13-14)30(27,28)17-8-5-15(6-9-17)20(24)21-18-10-7-16(23(25)26)12-19(18)29-2/h5-10,12,14H,3-4,11,13H2,1-2H3,(H,21,24). The molecule has 1 unspecified atom stereocenters. The number of carbonyl (C=O) groups excluding carboxylic acids is 1. The van der Waals surface area contributed by atoms with Crippen molar-refractivity contribution in [2.75, 3.05) is 25.5 Å². The number of non-ortho nitro benzene ring substituents is 1. The third kappa shape index (κ3) is 4.60. The summed E-state index contributed by atoms with van der Waals surface area (Å²) in [5, 5.41) is 13.5. The maximum atomic E-state index is 12.8. The number of nitrogens with one attached hydrogen (secondary N) is 1. The normalized spacial score (nSPS) is 17.3. The zero-order valence-electron chi connectivity index (χ0n) is 16.7. The van der Waals surface area contributed by atoms with Crippen LogP contribution in [0.25, 0.3) is 0 Å². The molecule has 1 aliphatic rings. The zero-order valence-corrected chi connectivity index (χ0v) is 17.5. The maximum absolute atomic E-state index is 12.8. The fraction of sp³-hybridized carbons (Fsp3) is 0.350. The van der Waals surface area contributed by atoms with Gasteiger partial charge in [0, 0.05) is 24.7 Å². The number of anilines is 1. The number of amides is 1. The molecule has 1 atom stereocenters. The van der Waals surface area contributed by atoms with Gasteiger partial charge in [0.1, 0.15) is 5.75 Å². The number of methoxy groups -OCH3 is 1. The van der Waals surface area contributed by atoms with Gasteiger partial charge in [0.05, 0.1) is 28.7 Å². The SMILES string of the molecule is COc1cc([N+](=O)[O-])ccc1NC(=O)c1ccc(S(=O)(=O)N2CCCC(C)C2)cc1. The minimum absolute atomic E-state index is 0.140. The van der Waals surface area contributed by atoms with Crippen LogP contribution in [-0.4, -0.2) is 43.8 Å². The first-order chi connectivity index (χ1) is 14.2. The van der Waals surface area contributed by atoms with E-state index in [9.17, 15) is 23.3 Å². The molecule has 1 heterocycles. The molecule has 1 aliphatic heterocycles. The molecule has 3 rings (SSSR count). The van der Waals surface area contributed by atoms with Crippen LogP contribution in [0, 0.1) is 16.0 Å². The molecule has 2 aromatic carbocycles. The highest BCUT2D eigenvalue weighted by atomic mass is 32.2. The van der Waals surface area contributed by atoms with Crippen LogP contribution < -0.4 is 10.1 Å². The van der Waals surface area contributed by atoms with Crippen molar-refractivity contribution < 1.29 is 22.9 Å². The predicted octanol–water partition coefficient (Wildman–Crippen LogP) is 3.28. The molecule has 0 spiro atoms. The van der Waals surface area contributed by atoms with E-state index in [0.29, 0.717) is 19.0 Å². The maximum Gasteiger partial charge on any atom is 0.273 e. The van der Waals surface area contributed by atoms with Crippen LogP contribution in [-0.2, 0) is 10.0 Å². The molecule has 30 heavy (non-hydrogen) atoms. The van der Waals surface area contributed by atoms with Gasteiger partial charge in [-0.3, -0.25) is 14.9 Å². The third-order valence-corrected chi connectivity index (χ3v) is 6.90. The number of carbonyl (C=O) groups is 1. The van der Waals surface area contributed by atoms with Crippen LogP contribution >= 0.6 is 0 Å². The average molecular weight is 433 g/mol. The molecule has 1 saturated heterocycles. The number of rotatable bonds is 6. The summed E-state index contributed by atoms with van der Waals surface area (Å²) in [6.07, 6.45) is 1.84. The van der Waals surface area contributed by atoms with E-state index in [0.717, 1.165) is 12.8 Å². The molecule has 0 bridgehead atoms. The highest BCUT2D eigenvalue weighted by molar-refractivity contribution is 7.89. The Morgan fingerprint density at radius 2 is 1.93 bits per heavy atom. The number of ether oxygens (including phenoxy) is 1. The Hall–Kier alpha value is -2.98. The molecule has 0 aromatic heterocycles. The second-order valence-electron chi connectivity index (χ2n) is 7.23. The second-order valence-corrected chi connectivity index (χ2v) is 9.17. The molecule has 2 aromatic rings. The van der Waals surface area contributed by atoms with Gasteiger partial charge in [-0.05, 0) is 49.1 Å². The molecular formula is C20H23N3O6S. The van der Waals surface area contributed by atoms with Gasteiger partial charge in [0.25, 0.3) is 11.6 Å². The van der Waals surface area contributed by atoms with Crippen molar-refractivity contribution in [3.05, 3.63) is 58.1 Å². The Bertz CT molecular complexity index is 1050. The number of sulfonamides is 1. The summed E-state index contributed by atoms with van der Waals surface area (Å²) in [6, 6.07) is 9.55. The fourth-order valence-corrected chi connectivity index (χ4v) is 4.98. The minimum atomic E-state index is -3.60. The smallest absolute Gasteiger partial charge is 0.273 e. The van der Waals surface area contributed by atoms with E-state index in [1.165, 1.54) is 53.9 Å². The van der Waals surface area contributed by atoms with Crippen molar-refractivity contribution in [3.63, 3.8) is 0 Å². The number of nitrogens with zero attached hydrogens (tertiary/aromatic N) is 2. The molecule has 10 heteroatoms. The number of hydrogen-bond donors (Lipinski definition) is 1. The Morgan fingerprint density at radius 3 is 2.53 bits per heavy atom. The molecule has 1 amide bonds. The molecule has 9 nitrogen and oxygen atoms in total. The van der Waals surface area contributed by atoms with Crippen molar-refractivity contribution in [1.82, 2.24) is 4.31 Å². The van der Waals surface area contributed by atoms with E-state index >= 15 is 0 Å². The van der Waals surface area contributed by atoms with E-state index in [1.54, 1.807) is 0 Å². The number of hydrogen-bond acceptors (Lipinski definition) is 6. The average Bonchev–Trinajstić information content (AvgIpc) is 2.74. The quantitative estimate of drug-likeness (QED) is 0.552. The summed E-state index contributed by atoms with van der Waals surface area (Å²) in [6.45, 7) is 3.01. The molecule has 160 valence electrons. The highest BCUT2D eigenvalue weighted by Gasteiger charge is 2.28. The molecule has 1 N–H and O–H groups in total. The first kappa shape index (κ1) is 21.7. The number of nitro benzene ring substituents is 1. The number of piperidine rings is 1. The molecular weight excluding hydrogens is 410 g/mol. The fourth-order valence-electron chi connectivity index (χ4n) is 3.38. The molecule has 0 radical (unpaired) electrons. The summed E-state index contributed by atoms with van der Waals surface area (Å²) in [5.74, 6) is -0.0242. The van der Waals surface area contributed by atoms with Crippen LogP contribution in [0.3, 0.4) is 0 Å². The lowest BCUT2D eigenvalue weighted by Crippen LogP contribution is -2.39. The monoisotopic (exact) mass is 433 g/mol. The van der Waals surface area contributed by atoms with Crippen LogP contribution in [0.4, 0.5) is 11.4 Å². The van der Waals surface area contributed by atoms with Gasteiger partial charge in [0.15, 0.2) is 0 Å². The van der Waals surface area contributed by atoms with Crippen LogP contribution in [0.1, 0.15) is 30.1 Å². The first-order valence-corrected chi connectivity index (χ1v) is 10.9. The largest absolute Gasteiger partial charge is 0.494 e. The lowest BCUT2D eigenvalue weighted by molar-refractivity contribution is -0.384. The Morgan fingerprint density at radius 1 is 1.23 bits per heavy atom. The highest BCUT2D eigenvalue weighted by Crippen LogP contribution is 2.29. The summed E-state index contributed by atoms with van der Waals surface area (Å²) in [4.78, 5) is 23.0. The van der Waals surface area contributed by atoms with E-state index in [1.807, 2.05) is 6.92 Å². The lowest BCUT2D eigenvalue weighted by atomic mass is 10.0. The van der Waals surface area contributed by atoms with Gasteiger partial charge in [-0.25, -0.2) is 8.42 Å². The van der Waals surface area contributed by atoms with Gasteiger partial charge in [0.2, 0.25) is 10.0 Å². The number of benzene rings is 2. The Kier molecular flexibility index (Phi) is 6.37. The van der Waals surface area contributed by atoms with Crippen molar-refractivity contribution in [2.45, 2.75) is 24.7 Å². The summed E-state index contributed by atoms with van der Waals surface area (Å²) >= 11 is 0. The Balaban J connectivity index is 1.76. The first-order valence-electron chi connectivity index (χ1n) is 9.46. The topological polar surface area (TPSA) is 119 Å². The third-order valence-electron chi connectivity index (χ3n) is 5.02. The van der Waals surface area contributed by atoms with Crippen LogP contribution in [0.15, 0.2) is 47.4 Å². The summed E-state index contributed by atoms with van der Waals surface area (Å²) < 4.78 is 32.3. The summed E-state index contributed by atoms with van der Waals surface area (Å²) in [7, 11) is -2.26. The van der Waals surface area contributed by atoms with Crippen LogP contribution in [0.5, 0.6) is 5.75 Å². The molecule has 0 saturated carbocycles. The zero-order chi connectivity index (χ0) is 21.9. The van der Waals surface area contributed by atoms with E-state index in [2.05, 4.69) is 5.32 Å².